The van der Waals surface area contributed by atoms with Gasteiger partial charge in [0.1, 0.15) is 0 Å². The first-order valence-electron chi connectivity index (χ1n) is 18.0. The molecule has 0 aliphatic carbocycles. The monoisotopic (exact) mass is 802 g/mol. The third kappa shape index (κ3) is 7.51. The van der Waals surface area contributed by atoms with E-state index in [9.17, 15) is 0 Å². The molecule has 2 nitrogen and oxygen atoms in total. The first-order valence-corrected chi connectivity index (χ1v) is 20.0. The van der Waals surface area contributed by atoms with E-state index in [2.05, 4.69) is 243 Å². The van der Waals surface area contributed by atoms with Gasteiger partial charge in [0.15, 0.2) is 0 Å². The Morgan fingerprint density at radius 3 is 1.36 bits per heavy atom. The fraction of sp³-hybridized carbons (Fsp3) is 0.122. The molecule has 2 aliphatic rings. The molecule has 269 valence electrons. The number of fused-ring (bicyclic) bond motifs is 1. The van der Waals surface area contributed by atoms with E-state index in [-0.39, 0.29) is 11.8 Å². The number of anilines is 1. The Hall–Kier alpha value is -4.83. The first-order chi connectivity index (χ1) is 26.0. The van der Waals surface area contributed by atoms with Crippen molar-refractivity contribution in [2.45, 2.75) is 39.5 Å². The molecule has 0 N–H and O–H groups in total. The predicted molar refractivity (Wildman–Crippen MR) is 221 cm³/mol. The maximum atomic E-state index is 4.49. The average molecular weight is 804 g/mol. The third-order valence-corrected chi connectivity index (χ3v) is 10.2. The average Bonchev–Trinajstić information content (AvgIpc) is 3.62. The van der Waals surface area contributed by atoms with Crippen LogP contribution in [0.15, 0.2) is 176 Å². The van der Waals surface area contributed by atoms with Crippen LogP contribution < -0.4 is 4.90 Å². The second kappa shape index (κ2) is 16.5. The minimum absolute atomic E-state index is 0.0183. The van der Waals surface area contributed by atoms with Crippen LogP contribution in [0.3, 0.4) is 0 Å². The standard InChI is InChI=1S/C49H43N2.Ag.ClH.H/c1-34-28-36(3)46(37(4)29-34)45-27-17-26-42-32-50(33-51(42)45)49-43(47(38-18-9-5-10-19-38)39-20-11-6-12-21-39)30-35(2)31-44(49)48(40-22-13-7-14-23-40)41-24-15-8-16-25-41;;;/h5-33,47-48H,1-4H3;;1H;/q-1;+1;;/p-1. The van der Waals surface area contributed by atoms with Gasteiger partial charge in [0.25, 0.3) is 0 Å². The van der Waals surface area contributed by atoms with Gasteiger partial charge in [0.2, 0.25) is 0 Å². The van der Waals surface area contributed by atoms with Crippen LogP contribution in [0, 0.1) is 34.4 Å². The molecule has 0 aromatic heterocycles. The van der Waals surface area contributed by atoms with Gasteiger partial charge in [-0.15, -0.1) is 6.67 Å². The number of nitrogens with zero attached hydrogens (tertiary/aromatic N) is 2. The Labute approximate surface area is 331 Å². The minimum atomic E-state index is 0.0183. The second-order valence-corrected chi connectivity index (χ2v) is 13.9. The number of aryl methyl sites for hydroxylation is 4. The summed E-state index contributed by atoms with van der Waals surface area (Å²) in [6.07, 6.45) is 8.99. The van der Waals surface area contributed by atoms with Crippen molar-refractivity contribution < 1.29 is 20.0 Å². The normalized spacial score (nSPS) is 13.5. The molecule has 4 heteroatoms. The van der Waals surface area contributed by atoms with E-state index < -0.39 is 0 Å². The molecular weight excluding hydrogens is 760 g/mol. The zero-order chi connectivity index (χ0) is 36.9. The van der Waals surface area contributed by atoms with Crippen molar-refractivity contribution in [3.63, 3.8) is 0 Å². The fourth-order valence-electron chi connectivity index (χ4n) is 8.24. The Balaban J connectivity index is 0.00000214. The van der Waals surface area contributed by atoms with Gasteiger partial charge in [0.05, 0.1) is 0 Å². The summed E-state index contributed by atoms with van der Waals surface area (Å²) < 4.78 is 0. The van der Waals surface area contributed by atoms with Gasteiger partial charge in [0, 0.05) is 34.5 Å². The summed E-state index contributed by atoms with van der Waals surface area (Å²) in [7, 11) is 4.49. The first kappa shape index (κ1) is 36.5. The van der Waals surface area contributed by atoms with E-state index in [0.717, 1.165) is 5.70 Å². The molecule has 0 spiro atoms. The van der Waals surface area contributed by atoms with E-state index in [1.165, 1.54) is 72.6 Å². The summed E-state index contributed by atoms with van der Waals surface area (Å²) in [5.41, 5.74) is 17.6. The molecule has 53 heavy (non-hydrogen) atoms. The molecule has 0 saturated carbocycles. The van der Waals surface area contributed by atoms with Gasteiger partial charge in [-0.05, 0) is 90.6 Å². The summed E-state index contributed by atoms with van der Waals surface area (Å²) in [6, 6.07) is 53.4. The van der Waals surface area contributed by atoms with Crippen molar-refractivity contribution in [3.05, 3.63) is 244 Å². The Bertz CT molecular complexity index is 2070. The van der Waals surface area contributed by atoms with Crippen LogP contribution in [0.5, 0.6) is 0 Å². The predicted octanol–water partition coefficient (Wildman–Crippen LogP) is 12.4. The summed E-state index contributed by atoms with van der Waals surface area (Å²) >= 11 is 2.22. The molecule has 0 amide bonds. The molecule has 2 heterocycles. The van der Waals surface area contributed by atoms with Crippen LogP contribution in [0.25, 0.3) is 5.70 Å². The van der Waals surface area contributed by atoms with Gasteiger partial charge in [-0.1, -0.05) is 163 Å². The molecule has 0 saturated heterocycles. The Kier molecular flexibility index (Phi) is 11.3. The van der Waals surface area contributed by atoms with Crippen LogP contribution in [-0.4, -0.2) is 4.90 Å². The zero-order valence-electron chi connectivity index (χ0n) is 30.5. The van der Waals surface area contributed by atoms with E-state index in [1.54, 1.807) is 0 Å². The summed E-state index contributed by atoms with van der Waals surface area (Å²) in [5.74, 6) is 0.0367. The number of allylic oxidation sites excluding steroid dienone is 3. The fourth-order valence-corrected chi connectivity index (χ4v) is 8.24. The van der Waals surface area contributed by atoms with E-state index in [1.807, 2.05) is 0 Å². The van der Waals surface area contributed by atoms with Crippen molar-refractivity contribution in [2.24, 2.45) is 0 Å². The van der Waals surface area contributed by atoms with Crippen molar-refractivity contribution in [3.8, 4) is 0 Å². The quantitative estimate of drug-likeness (QED) is 0.0859. The Morgan fingerprint density at radius 2 is 0.943 bits per heavy atom. The second-order valence-electron chi connectivity index (χ2n) is 13.9. The summed E-state index contributed by atoms with van der Waals surface area (Å²) in [4.78, 5) is 4.78. The number of hydrogen-bond acceptors (Lipinski definition) is 2. The topological polar surface area (TPSA) is 6.48 Å². The molecule has 6 aromatic carbocycles. The molecular formula is C49H44AgClN2-. The van der Waals surface area contributed by atoms with Crippen molar-refractivity contribution in [1.82, 2.24) is 4.90 Å². The van der Waals surface area contributed by atoms with Crippen molar-refractivity contribution >= 4 is 20.6 Å². The molecule has 0 radical (unpaired) electrons. The van der Waals surface area contributed by atoms with Crippen molar-refractivity contribution in [2.75, 3.05) is 4.90 Å². The molecule has 0 bridgehead atoms. The Morgan fingerprint density at radius 1 is 0.547 bits per heavy atom. The maximum absolute atomic E-state index is 4.49. The van der Waals surface area contributed by atoms with Gasteiger partial charge in [-0.3, -0.25) is 0 Å². The van der Waals surface area contributed by atoms with Gasteiger partial charge >= 0.3 is 29.2 Å². The summed E-state index contributed by atoms with van der Waals surface area (Å²) in [5, 5.41) is 0. The number of hydrogen-bond donors (Lipinski definition) is 0. The summed E-state index contributed by atoms with van der Waals surface area (Å²) in [6.45, 7) is 11.2. The molecule has 8 rings (SSSR count). The van der Waals surface area contributed by atoms with Gasteiger partial charge in [-0.25, -0.2) is 0 Å². The molecule has 0 fully saturated rings. The van der Waals surface area contributed by atoms with E-state index >= 15 is 0 Å². The SMILES string of the molecule is Cc1cc(C)c(C2=CC=CC3=CN(c4c(C(c5ccccc5)c5ccccc5)cc(C)cc4C(c4ccccc4)c4ccccc4)[CH-]N32)c(C)c1.[Cl][AgH]. The van der Waals surface area contributed by atoms with Crippen molar-refractivity contribution in [1.29, 1.82) is 0 Å². The third-order valence-electron chi connectivity index (χ3n) is 10.2. The van der Waals surface area contributed by atoms with Crippen LogP contribution in [0.1, 0.15) is 73.0 Å². The van der Waals surface area contributed by atoms with Gasteiger partial charge < -0.3 is 9.80 Å². The number of benzene rings is 6. The molecule has 0 unspecified atom stereocenters. The number of rotatable bonds is 8. The van der Waals surface area contributed by atoms with Crippen LogP contribution in [-0.2, 0) is 20.0 Å². The van der Waals surface area contributed by atoms with Crippen LogP contribution >= 0.6 is 9.19 Å². The molecule has 0 atom stereocenters. The zero-order valence-corrected chi connectivity index (χ0v) is 32.8. The van der Waals surface area contributed by atoms with E-state index in [4.69, 9.17) is 0 Å². The van der Waals surface area contributed by atoms with Crippen LogP contribution in [0.2, 0.25) is 0 Å². The molecule has 2 aliphatic heterocycles. The van der Waals surface area contributed by atoms with E-state index in [0.29, 0.717) is 0 Å². The molecule has 6 aromatic rings. The van der Waals surface area contributed by atoms with Gasteiger partial charge in [-0.2, -0.15) is 0 Å². The van der Waals surface area contributed by atoms with Crippen LogP contribution in [0.4, 0.5) is 5.69 Å². The number of halogens is 1.